The molecule has 8 heteroatoms. The summed E-state index contributed by atoms with van der Waals surface area (Å²) in [5, 5.41) is 2.67. The monoisotopic (exact) mass is 405 g/mol. The van der Waals surface area contributed by atoms with Crippen LogP contribution in [-0.2, 0) is 9.59 Å². The second kappa shape index (κ2) is 8.10. The number of nitrogens with one attached hydrogen (secondary N) is 1. The molecule has 0 spiro atoms. The summed E-state index contributed by atoms with van der Waals surface area (Å²) in [7, 11) is 1.60. The van der Waals surface area contributed by atoms with Gasteiger partial charge in [0.1, 0.15) is 11.1 Å². The van der Waals surface area contributed by atoms with Crippen molar-refractivity contribution in [2.24, 2.45) is 4.99 Å². The largest absolute Gasteiger partial charge is 0.326 e. The number of para-hydroxylation sites is 1. The normalized spacial score (nSPS) is 18.2. The molecule has 0 aromatic heterocycles. The standard InChI is InChI=1S/C19H17ClFN3O2S/c1-11-5-3-4-6-15(11)23-17(25)10-16-18(26)24(2)19(27-16)22-12-7-8-14(21)13(20)9-12/h3-9,16H,10H2,1-2H3,(H,23,25)/t16-/m0/s1. The first-order valence-corrected chi connectivity index (χ1v) is 9.44. The third kappa shape index (κ3) is 4.48. The Hall–Kier alpha value is -2.38. The van der Waals surface area contributed by atoms with Crippen LogP contribution in [0.3, 0.4) is 0 Å². The van der Waals surface area contributed by atoms with Gasteiger partial charge in [-0.15, -0.1) is 0 Å². The van der Waals surface area contributed by atoms with E-state index in [0.29, 0.717) is 10.9 Å². The summed E-state index contributed by atoms with van der Waals surface area (Å²) < 4.78 is 13.3. The SMILES string of the molecule is Cc1ccccc1NC(=O)C[C@@H]1SC(=Nc2ccc(F)c(Cl)c2)N(C)C1=O. The van der Waals surface area contributed by atoms with Gasteiger partial charge in [-0.25, -0.2) is 9.38 Å². The Labute approximate surface area is 165 Å². The Morgan fingerprint density at radius 2 is 2.07 bits per heavy atom. The van der Waals surface area contributed by atoms with Crippen molar-refractivity contribution < 1.29 is 14.0 Å². The zero-order chi connectivity index (χ0) is 19.6. The van der Waals surface area contributed by atoms with Gasteiger partial charge in [0, 0.05) is 19.2 Å². The van der Waals surface area contributed by atoms with Gasteiger partial charge < -0.3 is 5.32 Å². The molecule has 1 aliphatic heterocycles. The Kier molecular flexibility index (Phi) is 5.82. The number of hydrogen-bond acceptors (Lipinski definition) is 4. The van der Waals surface area contributed by atoms with Gasteiger partial charge in [0.25, 0.3) is 0 Å². The fourth-order valence-electron chi connectivity index (χ4n) is 2.55. The predicted octanol–water partition coefficient (Wildman–Crippen LogP) is 4.38. The highest BCUT2D eigenvalue weighted by Crippen LogP contribution is 2.31. The van der Waals surface area contributed by atoms with Crippen LogP contribution < -0.4 is 5.32 Å². The maximum atomic E-state index is 13.3. The molecule has 0 unspecified atom stereocenters. The lowest BCUT2D eigenvalue weighted by molar-refractivity contribution is -0.127. The highest BCUT2D eigenvalue weighted by molar-refractivity contribution is 8.15. The van der Waals surface area contributed by atoms with E-state index in [-0.39, 0.29) is 23.3 Å². The molecule has 140 valence electrons. The molecular weight excluding hydrogens is 389 g/mol. The lowest BCUT2D eigenvalue weighted by atomic mass is 10.2. The number of nitrogens with zero attached hydrogens (tertiary/aromatic N) is 2. The van der Waals surface area contributed by atoms with E-state index in [0.717, 1.165) is 11.3 Å². The maximum absolute atomic E-state index is 13.3. The molecule has 0 radical (unpaired) electrons. The van der Waals surface area contributed by atoms with E-state index < -0.39 is 11.1 Å². The van der Waals surface area contributed by atoms with Gasteiger partial charge >= 0.3 is 0 Å². The second-order valence-electron chi connectivity index (χ2n) is 6.06. The van der Waals surface area contributed by atoms with Crippen LogP contribution in [0.4, 0.5) is 15.8 Å². The number of hydrogen-bond donors (Lipinski definition) is 1. The minimum absolute atomic E-state index is 0.0331. The van der Waals surface area contributed by atoms with Crippen LogP contribution in [0.2, 0.25) is 5.02 Å². The number of aliphatic imine (C=N–C) groups is 1. The van der Waals surface area contributed by atoms with Crippen LogP contribution in [0.5, 0.6) is 0 Å². The van der Waals surface area contributed by atoms with Crippen LogP contribution in [0.1, 0.15) is 12.0 Å². The topological polar surface area (TPSA) is 61.8 Å². The van der Waals surface area contributed by atoms with Gasteiger partial charge in [-0.1, -0.05) is 41.6 Å². The van der Waals surface area contributed by atoms with Crippen molar-refractivity contribution in [3.63, 3.8) is 0 Å². The molecule has 0 aliphatic carbocycles. The minimum atomic E-state index is -0.561. The Morgan fingerprint density at radius 1 is 1.33 bits per heavy atom. The number of benzene rings is 2. The van der Waals surface area contributed by atoms with Crippen molar-refractivity contribution in [2.75, 3.05) is 12.4 Å². The number of anilines is 1. The molecule has 27 heavy (non-hydrogen) atoms. The lowest BCUT2D eigenvalue weighted by Gasteiger charge is -2.10. The third-order valence-electron chi connectivity index (χ3n) is 4.06. The number of aryl methyl sites for hydroxylation is 1. The van der Waals surface area contributed by atoms with Crippen LogP contribution in [0.15, 0.2) is 47.5 Å². The number of rotatable bonds is 4. The van der Waals surface area contributed by atoms with Crippen molar-refractivity contribution in [1.82, 2.24) is 4.90 Å². The van der Waals surface area contributed by atoms with Crippen molar-refractivity contribution in [3.8, 4) is 0 Å². The Balaban J connectivity index is 1.70. The van der Waals surface area contributed by atoms with Gasteiger partial charge in [-0.05, 0) is 36.8 Å². The molecule has 1 heterocycles. The van der Waals surface area contributed by atoms with Crippen molar-refractivity contribution in [1.29, 1.82) is 0 Å². The highest BCUT2D eigenvalue weighted by atomic mass is 35.5. The van der Waals surface area contributed by atoms with Crippen LogP contribution in [-0.4, -0.2) is 34.2 Å². The first-order valence-electron chi connectivity index (χ1n) is 8.18. The Bertz CT molecular complexity index is 935. The quantitative estimate of drug-likeness (QED) is 0.821. The van der Waals surface area contributed by atoms with Crippen molar-refractivity contribution in [2.45, 2.75) is 18.6 Å². The summed E-state index contributed by atoms with van der Waals surface area (Å²) in [6.45, 7) is 1.90. The van der Waals surface area contributed by atoms with E-state index in [1.54, 1.807) is 7.05 Å². The summed E-state index contributed by atoms with van der Waals surface area (Å²) >= 11 is 6.97. The van der Waals surface area contributed by atoms with E-state index in [4.69, 9.17) is 11.6 Å². The lowest BCUT2D eigenvalue weighted by Crippen LogP contribution is -2.30. The molecule has 2 aromatic rings. The summed E-state index contributed by atoms with van der Waals surface area (Å²) in [6.07, 6.45) is 0.0331. The number of carbonyl (C=O) groups is 2. The van der Waals surface area contributed by atoms with Gasteiger partial charge in [-0.2, -0.15) is 0 Å². The zero-order valence-electron chi connectivity index (χ0n) is 14.7. The van der Waals surface area contributed by atoms with E-state index >= 15 is 0 Å². The molecule has 1 atom stereocenters. The number of carbonyl (C=O) groups excluding carboxylic acids is 2. The predicted molar refractivity (Wildman–Crippen MR) is 107 cm³/mol. The van der Waals surface area contributed by atoms with E-state index in [2.05, 4.69) is 10.3 Å². The summed E-state index contributed by atoms with van der Waals surface area (Å²) in [6, 6.07) is 11.5. The average Bonchev–Trinajstić information content (AvgIpc) is 2.88. The molecular formula is C19H17ClFN3O2S. The molecule has 1 aliphatic rings. The Morgan fingerprint density at radius 3 is 2.78 bits per heavy atom. The molecule has 2 amide bonds. The fourth-order valence-corrected chi connectivity index (χ4v) is 3.87. The van der Waals surface area contributed by atoms with Gasteiger partial charge in [0.05, 0.1) is 10.7 Å². The summed E-state index contributed by atoms with van der Waals surface area (Å²) in [5.74, 6) is -0.976. The molecule has 0 saturated carbocycles. The minimum Gasteiger partial charge on any atom is -0.326 e. The average molecular weight is 406 g/mol. The molecule has 1 N–H and O–H groups in total. The molecule has 0 bridgehead atoms. The second-order valence-corrected chi connectivity index (χ2v) is 7.64. The van der Waals surface area contributed by atoms with E-state index in [1.807, 2.05) is 31.2 Å². The number of amidine groups is 1. The molecule has 1 saturated heterocycles. The first kappa shape index (κ1) is 19.4. The fraction of sp³-hybridized carbons (Fsp3) is 0.211. The highest BCUT2D eigenvalue weighted by Gasteiger charge is 2.37. The van der Waals surface area contributed by atoms with Crippen LogP contribution >= 0.6 is 23.4 Å². The van der Waals surface area contributed by atoms with Crippen molar-refractivity contribution in [3.05, 3.63) is 58.9 Å². The molecule has 5 nitrogen and oxygen atoms in total. The number of halogens is 2. The van der Waals surface area contributed by atoms with Gasteiger partial charge in [0.15, 0.2) is 5.17 Å². The van der Waals surface area contributed by atoms with E-state index in [1.165, 1.54) is 34.9 Å². The van der Waals surface area contributed by atoms with Crippen LogP contribution in [0, 0.1) is 12.7 Å². The zero-order valence-corrected chi connectivity index (χ0v) is 16.3. The van der Waals surface area contributed by atoms with Crippen molar-refractivity contribution >= 4 is 51.7 Å². The van der Waals surface area contributed by atoms with Crippen LogP contribution in [0.25, 0.3) is 0 Å². The smallest absolute Gasteiger partial charge is 0.242 e. The summed E-state index contributed by atoms with van der Waals surface area (Å²) in [4.78, 5) is 30.5. The van der Waals surface area contributed by atoms with Gasteiger partial charge in [0.2, 0.25) is 11.8 Å². The van der Waals surface area contributed by atoms with E-state index in [9.17, 15) is 14.0 Å². The number of thioether (sulfide) groups is 1. The molecule has 3 rings (SSSR count). The molecule has 1 fully saturated rings. The van der Waals surface area contributed by atoms with Gasteiger partial charge in [-0.3, -0.25) is 14.5 Å². The maximum Gasteiger partial charge on any atom is 0.242 e. The molecule has 2 aromatic carbocycles. The number of amides is 2. The first-order chi connectivity index (χ1) is 12.8. The summed E-state index contributed by atoms with van der Waals surface area (Å²) in [5.41, 5.74) is 2.11. The third-order valence-corrected chi connectivity index (χ3v) is 5.58.